The van der Waals surface area contributed by atoms with E-state index >= 15 is 0 Å². The molecule has 0 atom stereocenters. The summed E-state index contributed by atoms with van der Waals surface area (Å²) in [6.07, 6.45) is 5.32. The van der Waals surface area contributed by atoms with Gasteiger partial charge in [0.25, 0.3) is 5.56 Å². The van der Waals surface area contributed by atoms with Crippen molar-refractivity contribution in [2.75, 3.05) is 38.1 Å². The summed E-state index contributed by atoms with van der Waals surface area (Å²) in [5.74, 6) is 0.989. The fraction of sp³-hybridized carbons (Fsp3) is 0.208. The smallest absolute Gasteiger partial charge is 0.257 e. The molecule has 1 saturated heterocycles. The SMILES string of the molecule is CN1CCN(c2ccc(-c3c[nH]c(=O)c(-c4ccnn4-c4ccccc4)c3)cn2)CC1. The number of pyridine rings is 2. The van der Waals surface area contributed by atoms with E-state index in [9.17, 15) is 4.79 Å². The van der Waals surface area contributed by atoms with E-state index in [1.54, 1.807) is 17.1 Å². The van der Waals surface area contributed by atoms with Gasteiger partial charge in [0.1, 0.15) is 5.82 Å². The van der Waals surface area contributed by atoms with E-state index < -0.39 is 0 Å². The molecule has 0 unspecified atom stereocenters. The van der Waals surface area contributed by atoms with Crippen molar-refractivity contribution in [3.63, 3.8) is 0 Å². The van der Waals surface area contributed by atoms with Crippen LogP contribution in [-0.2, 0) is 0 Å². The highest BCUT2D eigenvalue weighted by atomic mass is 16.1. The van der Waals surface area contributed by atoms with Gasteiger partial charge in [-0.2, -0.15) is 5.10 Å². The first-order valence-electron chi connectivity index (χ1n) is 10.4. The van der Waals surface area contributed by atoms with Crippen LogP contribution in [0.1, 0.15) is 0 Å². The van der Waals surface area contributed by atoms with Crippen LogP contribution in [0.15, 0.2) is 78.0 Å². The summed E-state index contributed by atoms with van der Waals surface area (Å²) in [5, 5.41) is 4.42. The molecule has 156 valence electrons. The second-order valence-electron chi connectivity index (χ2n) is 7.79. The Kier molecular flexibility index (Phi) is 5.09. The van der Waals surface area contributed by atoms with Crippen molar-refractivity contribution < 1.29 is 0 Å². The number of rotatable bonds is 4. The normalized spacial score (nSPS) is 14.7. The van der Waals surface area contributed by atoms with Gasteiger partial charge in [-0.25, -0.2) is 9.67 Å². The molecule has 31 heavy (non-hydrogen) atoms. The fourth-order valence-corrected chi connectivity index (χ4v) is 3.90. The van der Waals surface area contributed by atoms with Gasteiger partial charge in [-0.05, 0) is 43.4 Å². The van der Waals surface area contributed by atoms with Gasteiger partial charge in [0, 0.05) is 49.7 Å². The molecule has 0 bridgehead atoms. The van der Waals surface area contributed by atoms with Crippen molar-refractivity contribution in [2.24, 2.45) is 0 Å². The molecule has 1 N–H and O–H groups in total. The monoisotopic (exact) mass is 412 g/mol. The van der Waals surface area contributed by atoms with Crippen LogP contribution in [0.4, 0.5) is 5.82 Å². The van der Waals surface area contributed by atoms with E-state index in [0.717, 1.165) is 54.5 Å². The summed E-state index contributed by atoms with van der Waals surface area (Å²) < 4.78 is 1.78. The van der Waals surface area contributed by atoms with Crippen LogP contribution in [0.5, 0.6) is 0 Å². The third-order valence-corrected chi connectivity index (χ3v) is 5.73. The van der Waals surface area contributed by atoms with E-state index in [2.05, 4.69) is 44.0 Å². The maximum atomic E-state index is 12.6. The average molecular weight is 412 g/mol. The molecule has 0 saturated carbocycles. The molecule has 0 spiro atoms. The Morgan fingerprint density at radius 1 is 0.935 bits per heavy atom. The van der Waals surface area contributed by atoms with Crippen molar-refractivity contribution in [3.05, 3.63) is 83.5 Å². The number of para-hydroxylation sites is 1. The molecular weight excluding hydrogens is 388 g/mol. The molecule has 7 nitrogen and oxygen atoms in total. The summed E-state index contributed by atoms with van der Waals surface area (Å²) in [4.78, 5) is 24.8. The van der Waals surface area contributed by atoms with E-state index in [-0.39, 0.29) is 5.56 Å². The van der Waals surface area contributed by atoms with Crippen molar-refractivity contribution in [3.8, 4) is 28.1 Å². The highest BCUT2D eigenvalue weighted by Crippen LogP contribution is 2.25. The molecule has 5 rings (SSSR count). The number of H-pyrrole nitrogens is 1. The number of aromatic nitrogens is 4. The zero-order valence-corrected chi connectivity index (χ0v) is 17.4. The first kappa shape index (κ1) is 19.3. The topological polar surface area (TPSA) is 70.1 Å². The zero-order valence-electron chi connectivity index (χ0n) is 17.4. The Morgan fingerprint density at radius 2 is 1.74 bits per heavy atom. The van der Waals surface area contributed by atoms with Gasteiger partial charge in [0.2, 0.25) is 0 Å². The molecule has 4 heterocycles. The number of nitrogens with zero attached hydrogens (tertiary/aromatic N) is 5. The summed E-state index contributed by atoms with van der Waals surface area (Å²) in [5.41, 5.74) is 3.95. The average Bonchev–Trinajstić information content (AvgIpc) is 3.30. The van der Waals surface area contributed by atoms with Crippen molar-refractivity contribution >= 4 is 5.82 Å². The van der Waals surface area contributed by atoms with Gasteiger partial charge in [-0.15, -0.1) is 0 Å². The molecule has 0 amide bonds. The summed E-state index contributed by atoms with van der Waals surface area (Å²) in [6.45, 7) is 4.05. The predicted molar refractivity (Wildman–Crippen MR) is 123 cm³/mol. The molecule has 1 fully saturated rings. The predicted octanol–water partition coefficient (Wildman–Crippen LogP) is 3.04. The quantitative estimate of drug-likeness (QED) is 0.558. The first-order valence-corrected chi connectivity index (χ1v) is 10.4. The van der Waals surface area contributed by atoms with Crippen molar-refractivity contribution in [1.82, 2.24) is 24.6 Å². The van der Waals surface area contributed by atoms with Gasteiger partial charge in [0.05, 0.1) is 23.1 Å². The second-order valence-corrected chi connectivity index (χ2v) is 7.79. The minimum atomic E-state index is -0.150. The van der Waals surface area contributed by atoms with E-state index in [1.165, 1.54) is 0 Å². The van der Waals surface area contributed by atoms with Crippen molar-refractivity contribution in [2.45, 2.75) is 0 Å². The highest BCUT2D eigenvalue weighted by molar-refractivity contribution is 5.71. The van der Waals surface area contributed by atoms with Crippen molar-refractivity contribution in [1.29, 1.82) is 0 Å². The number of hydrogen-bond donors (Lipinski definition) is 1. The lowest BCUT2D eigenvalue weighted by Crippen LogP contribution is -2.44. The van der Waals surface area contributed by atoms with Crippen LogP contribution >= 0.6 is 0 Å². The number of hydrogen-bond acceptors (Lipinski definition) is 5. The number of aromatic amines is 1. The lowest BCUT2D eigenvalue weighted by atomic mass is 10.1. The molecular formula is C24H24N6O. The fourth-order valence-electron chi connectivity index (χ4n) is 3.90. The Balaban J connectivity index is 1.46. The lowest BCUT2D eigenvalue weighted by Gasteiger charge is -2.33. The van der Waals surface area contributed by atoms with E-state index in [4.69, 9.17) is 0 Å². The van der Waals surface area contributed by atoms with Crippen LogP contribution in [0.25, 0.3) is 28.1 Å². The molecule has 1 aromatic carbocycles. The van der Waals surface area contributed by atoms with Crippen LogP contribution in [-0.4, -0.2) is 57.9 Å². The van der Waals surface area contributed by atoms with Crippen LogP contribution in [0.2, 0.25) is 0 Å². The van der Waals surface area contributed by atoms with Gasteiger partial charge < -0.3 is 14.8 Å². The first-order chi connectivity index (χ1) is 15.2. The van der Waals surface area contributed by atoms with Gasteiger partial charge in [-0.3, -0.25) is 4.79 Å². The Bertz CT molecular complexity index is 1220. The minimum absolute atomic E-state index is 0.150. The largest absolute Gasteiger partial charge is 0.354 e. The zero-order chi connectivity index (χ0) is 21.2. The summed E-state index contributed by atoms with van der Waals surface area (Å²) >= 11 is 0. The third-order valence-electron chi connectivity index (χ3n) is 5.73. The number of likely N-dealkylation sites (N-methyl/N-ethyl adjacent to an activating group) is 1. The standard InChI is InChI=1S/C24H24N6O/c1-28-11-13-29(14-12-28)23-8-7-18(16-25-23)19-15-21(24(31)26-17-19)22-9-10-27-30(22)20-5-3-2-4-6-20/h2-10,15-17H,11-14H2,1H3,(H,26,31). The molecule has 0 aliphatic carbocycles. The molecule has 3 aromatic heterocycles. The third kappa shape index (κ3) is 3.87. The maximum Gasteiger partial charge on any atom is 0.257 e. The second kappa shape index (κ2) is 8.20. The van der Waals surface area contributed by atoms with Gasteiger partial charge in [-0.1, -0.05) is 18.2 Å². The van der Waals surface area contributed by atoms with E-state index in [1.807, 2.05) is 48.7 Å². The molecule has 7 heteroatoms. The van der Waals surface area contributed by atoms with Gasteiger partial charge in [0.15, 0.2) is 0 Å². The molecule has 4 aromatic rings. The number of anilines is 1. The highest BCUT2D eigenvalue weighted by Gasteiger charge is 2.16. The van der Waals surface area contributed by atoms with Crippen LogP contribution in [0, 0.1) is 0 Å². The Morgan fingerprint density at radius 3 is 2.48 bits per heavy atom. The molecule has 1 aliphatic heterocycles. The Labute approximate surface area is 180 Å². The summed E-state index contributed by atoms with van der Waals surface area (Å²) in [6, 6.07) is 17.7. The van der Waals surface area contributed by atoms with E-state index in [0.29, 0.717) is 5.56 Å². The maximum absolute atomic E-state index is 12.6. The summed E-state index contributed by atoms with van der Waals surface area (Å²) in [7, 11) is 2.14. The number of nitrogens with one attached hydrogen (secondary N) is 1. The van der Waals surface area contributed by atoms with Crippen LogP contribution in [0.3, 0.4) is 0 Å². The van der Waals surface area contributed by atoms with Gasteiger partial charge >= 0.3 is 0 Å². The molecule has 0 radical (unpaired) electrons. The lowest BCUT2D eigenvalue weighted by molar-refractivity contribution is 0.312. The molecule has 1 aliphatic rings. The number of benzene rings is 1. The van der Waals surface area contributed by atoms with Crippen LogP contribution < -0.4 is 10.5 Å². The Hall–Kier alpha value is -3.71. The number of piperazine rings is 1. The minimum Gasteiger partial charge on any atom is -0.354 e.